The first-order valence-corrected chi connectivity index (χ1v) is 7.25. The van der Waals surface area contributed by atoms with Gasteiger partial charge in [0.1, 0.15) is 5.52 Å². The number of fused-ring (bicyclic) bond motifs is 2. The molecule has 0 radical (unpaired) electrons. The van der Waals surface area contributed by atoms with Crippen LogP contribution >= 0.6 is 0 Å². The number of hydrogen-bond donors (Lipinski definition) is 1. The van der Waals surface area contributed by atoms with Crippen LogP contribution in [-0.2, 0) is 17.8 Å². The first-order valence-electron chi connectivity index (χ1n) is 7.25. The van der Waals surface area contributed by atoms with Crippen LogP contribution in [-0.4, -0.2) is 17.7 Å². The Morgan fingerprint density at radius 2 is 1.96 bits per heavy atom. The molecule has 1 aliphatic heterocycles. The number of carbonyl (C=O) groups excluding carboxylic acids is 1. The van der Waals surface area contributed by atoms with Crippen molar-refractivity contribution in [3.8, 4) is 11.5 Å². The van der Waals surface area contributed by atoms with Crippen LogP contribution in [0.1, 0.15) is 11.1 Å². The van der Waals surface area contributed by atoms with E-state index >= 15 is 0 Å². The fourth-order valence-electron chi connectivity index (χ4n) is 2.51. The van der Waals surface area contributed by atoms with Gasteiger partial charge < -0.3 is 19.2 Å². The zero-order valence-electron chi connectivity index (χ0n) is 12.2. The maximum Gasteiger partial charge on any atom is 0.231 e. The normalized spacial score (nSPS) is 12.5. The van der Waals surface area contributed by atoms with Gasteiger partial charge in [-0.25, -0.2) is 4.98 Å². The highest BCUT2D eigenvalue weighted by Gasteiger charge is 2.13. The molecule has 1 aliphatic rings. The molecule has 0 unspecified atom stereocenters. The third-order valence-electron chi connectivity index (χ3n) is 3.69. The van der Waals surface area contributed by atoms with E-state index in [9.17, 15) is 4.79 Å². The molecule has 1 N–H and O–H groups in total. The molecule has 0 saturated carbocycles. The fraction of sp³-hybridized carbons (Fsp3) is 0.176. The second-order valence-electron chi connectivity index (χ2n) is 5.30. The second kappa shape index (κ2) is 5.64. The number of aromatic nitrogens is 1. The van der Waals surface area contributed by atoms with E-state index in [1.165, 1.54) is 6.39 Å². The van der Waals surface area contributed by atoms with Crippen molar-refractivity contribution in [1.82, 2.24) is 10.3 Å². The number of ether oxygens (including phenoxy) is 2. The Morgan fingerprint density at radius 3 is 2.91 bits per heavy atom. The first kappa shape index (κ1) is 13.6. The van der Waals surface area contributed by atoms with E-state index in [0.29, 0.717) is 24.3 Å². The Hall–Kier alpha value is -3.02. The van der Waals surface area contributed by atoms with Crippen molar-refractivity contribution < 1.29 is 18.7 Å². The summed E-state index contributed by atoms with van der Waals surface area (Å²) in [6.07, 6.45) is 1.69. The van der Waals surface area contributed by atoms with Crippen molar-refractivity contribution in [3.63, 3.8) is 0 Å². The van der Waals surface area contributed by atoms with E-state index in [0.717, 1.165) is 22.4 Å². The lowest BCUT2D eigenvalue weighted by atomic mass is 10.1. The predicted molar refractivity (Wildman–Crippen MR) is 82.1 cm³/mol. The molecule has 1 aromatic heterocycles. The molecule has 23 heavy (non-hydrogen) atoms. The first-order chi connectivity index (χ1) is 11.3. The summed E-state index contributed by atoms with van der Waals surface area (Å²) in [5, 5.41) is 2.90. The van der Waals surface area contributed by atoms with Crippen LogP contribution in [0.4, 0.5) is 0 Å². The summed E-state index contributed by atoms with van der Waals surface area (Å²) in [7, 11) is 0. The molecule has 116 valence electrons. The van der Waals surface area contributed by atoms with Gasteiger partial charge in [-0.2, -0.15) is 0 Å². The number of hydrogen-bond acceptors (Lipinski definition) is 5. The van der Waals surface area contributed by atoms with Crippen LogP contribution in [0.15, 0.2) is 47.2 Å². The van der Waals surface area contributed by atoms with E-state index in [4.69, 9.17) is 13.9 Å². The molecule has 4 rings (SSSR count). The van der Waals surface area contributed by atoms with Crippen LogP contribution in [0.2, 0.25) is 0 Å². The summed E-state index contributed by atoms with van der Waals surface area (Å²) >= 11 is 0. The maximum absolute atomic E-state index is 12.1. The number of carbonyl (C=O) groups is 1. The quantitative estimate of drug-likeness (QED) is 0.801. The lowest BCUT2D eigenvalue weighted by molar-refractivity contribution is -0.120. The van der Waals surface area contributed by atoms with Gasteiger partial charge in [0.15, 0.2) is 23.5 Å². The van der Waals surface area contributed by atoms with Crippen molar-refractivity contribution in [3.05, 3.63) is 53.9 Å². The molecule has 6 heteroatoms. The molecule has 2 aromatic carbocycles. The van der Waals surface area contributed by atoms with Crippen LogP contribution < -0.4 is 14.8 Å². The van der Waals surface area contributed by atoms with Crippen molar-refractivity contribution >= 4 is 17.0 Å². The SMILES string of the molecule is O=C(Cc1ccc2ncoc2c1)NCc1ccc2c(c1)OCO2. The van der Waals surface area contributed by atoms with Crippen LogP contribution in [0.25, 0.3) is 11.1 Å². The monoisotopic (exact) mass is 310 g/mol. The molecular formula is C17H14N2O4. The van der Waals surface area contributed by atoms with Gasteiger partial charge in [0, 0.05) is 6.54 Å². The summed E-state index contributed by atoms with van der Waals surface area (Å²) < 4.78 is 15.8. The van der Waals surface area contributed by atoms with Gasteiger partial charge in [-0.05, 0) is 35.4 Å². The maximum atomic E-state index is 12.1. The van der Waals surface area contributed by atoms with Gasteiger partial charge in [0.2, 0.25) is 12.7 Å². The van der Waals surface area contributed by atoms with Crippen LogP contribution in [0.3, 0.4) is 0 Å². The van der Waals surface area contributed by atoms with E-state index in [1.807, 2.05) is 36.4 Å². The Balaban J connectivity index is 1.38. The molecule has 0 saturated heterocycles. The number of benzene rings is 2. The highest BCUT2D eigenvalue weighted by molar-refractivity contribution is 5.80. The van der Waals surface area contributed by atoms with E-state index < -0.39 is 0 Å². The minimum Gasteiger partial charge on any atom is -0.454 e. The molecule has 0 fully saturated rings. The van der Waals surface area contributed by atoms with Gasteiger partial charge in [-0.3, -0.25) is 4.79 Å². The lowest BCUT2D eigenvalue weighted by Crippen LogP contribution is -2.24. The zero-order chi connectivity index (χ0) is 15.6. The molecular weight excluding hydrogens is 296 g/mol. The Kier molecular flexibility index (Phi) is 3.34. The van der Waals surface area contributed by atoms with Gasteiger partial charge in [-0.15, -0.1) is 0 Å². The van der Waals surface area contributed by atoms with Gasteiger partial charge in [0.25, 0.3) is 0 Å². The van der Waals surface area contributed by atoms with Crippen molar-refractivity contribution in [2.45, 2.75) is 13.0 Å². The third kappa shape index (κ3) is 2.83. The van der Waals surface area contributed by atoms with E-state index in [1.54, 1.807) is 0 Å². The molecule has 3 aromatic rings. The molecule has 1 amide bonds. The number of amides is 1. The summed E-state index contributed by atoms with van der Waals surface area (Å²) in [5.74, 6) is 1.40. The number of rotatable bonds is 4. The predicted octanol–water partition coefficient (Wildman–Crippen LogP) is 2.42. The number of nitrogens with one attached hydrogen (secondary N) is 1. The van der Waals surface area contributed by atoms with Crippen LogP contribution in [0.5, 0.6) is 11.5 Å². The largest absolute Gasteiger partial charge is 0.454 e. The number of nitrogens with zero attached hydrogens (tertiary/aromatic N) is 1. The second-order valence-corrected chi connectivity index (χ2v) is 5.30. The Bertz CT molecular complexity index is 872. The summed E-state index contributed by atoms with van der Waals surface area (Å²) in [4.78, 5) is 16.1. The number of oxazole rings is 1. The van der Waals surface area contributed by atoms with Crippen molar-refractivity contribution in [2.75, 3.05) is 6.79 Å². The van der Waals surface area contributed by atoms with Crippen molar-refractivity contribution in [2.24, 2.45) is 0 Å². The average molecular weight is 310 g/mol. The molecule has 0 spiro atoms. The standard InChI is InChI=1S/C17H14N2O4/c20-17(7-11-1-3-13-15(5-11)21-9-19-13)18-8-12-2-4-14-16(6-12)23-10-22-14/h1-6,9H,7-8,10H2,(H,18,20). The third-order valence-corrected chi connectivity index (χ3v) is 3.69. The topological polar surface area (TPSA) is 73.6 Å². The molecule has 0 aliphatic carbocycles. The molecule has 6 nitrogen and oxygen atoms in total. The van der Waals surface area contributed by atoms with Gasteiger partial charge >= 0.3 is 0 Å². The smallest absolute Gasteiger partial charge is 0.231 e. The summed E-state index contributed by atoms with van der Waals surface area (Å²) in [6.45, 7) is 0.690. The van der Waals surface area contributed by atoms with E-state index in [-0.39, 0.29) is 12.7 Å². The summed E-state index contributed by atoms with van der Waals surface area (Å²) in [5.41, 5.74) is 3.33. The highest BCUT2D eigenvalue weighted by atomic mass is 16.7. The molecule has 0 bridgehead atoms. The van der Waals surface area contributed by atoms with Crippen LogP contribution in [0, 0.1) is 0 Å². The van der Waals surface area contributed by atoms with Gasteiger partial charge in [0.05, 0.1) is 6.42 Å². The van der Waals surface area contributed by atoms with Gasteiger partial charge in [-0.1, -0.05) is 12.1 Å². The highest BCUT2D eigenvalue weighted by Crippen LogP contribution is 2.32. The van der Waals surface area contributed by atoms with E-state index in [2.05, 4.69) is 10.3 Å². The zero-order valence-corrected chi connectivity index (χ0v) is 12.2. The fourth-order valence-corrected chi connectivity index (χ4v) is 2.51. The minimum atomic E-state index is -0.0541. The lowest BCUT2D eigenvalue weighted by Gasteiger charge is -2.06. The molecule has 0 atom stereocenters. The molecule has 2 heterocycles. The Morgan fingerprint density at radius 1 is 1.09 bits per heavy atom. The van der Waals surface area contributed by atoms with Crippen molar-refractivity contribution in [1.29, 1.82) is 0 Å². The summed E-state index contributed by atoms with van der Waals surface area (Å²) in [6, 6.07) is 11.2. The Labute approximate surface area is 132 Å². The average Bonchev–Trinajstić information content (AvgIpc) is 3.20. The minimum absolute atomic E-state index is 0.0541.